The molecule has 0 bridgehead atoms. The zero-order valence-corrected chi connectivity index (χ0v) is 26.5. The molecule has 46 heavy (non-hydrogen) atoms. The predicted molar refractivity (Wildman–Crippen MR) is 173 cm³/mol. The van der Waals surface area contributed by atoms with Gasteiger partial charge in [-0.15, -0.1) is 0 Å². The van der Waals surface area contributed by atoms with E-state index in [1.807, 2.05) is 45.9 Å². The molecule has 0 radical (unpaired) electrons. The number of carbonyl (C=O) groups is 2. The van der Waals surface area contributed by atoms with Gasteiger partial charge in [0.05, 0.1) is 24.8 Å². The normalized spacial score (nSPS) is 16.2. The first-order valence-electron chi connectivity index (χ1n) is 15.5. The van der Waals surface area contributed by atoms with Gasteiger partial charge in [-0.3, -0.25) is 19.4 Å². The largest absolute Gasteiger partial charge is 0.417 e. The predicted octanol–water partition coefficient (Wildman–Crippen LogP) is 6.36. The Morgan fingerprint density at radius 2 is 1.50 bits per heavy atom. The molecule has 0 spiro atoms. The summed E-state index contributed by atoms with van der Waals surface area (Å²) in [6.45, 7) is 7.44. The number of hydrogen-bond donors (Lipinski definition) is 0. The molecule has 240 valence electrons. The number of aryl methyl sites for hydroxylation is 1. The molecule has 4 aromatic rings. The summed E-state index contributed by atoms with van der Waals surface area (Å²) in [5, 5.41) is 0. The van der Waals surface area contributed by atoms with E-state index in [0.717, 1.165) is 36.1 Å². The molecular weight excluding hydrogens is 591 g/mol. The first-order valence-corrected chi connectivity index (χ1v) is 15.5. The number of fused-ring (bicyclic) bond motifs is 2. The quantitative estimate of drug-likeness (QED) is 0.258. The maximum absolute atomic E-state index is 14.1. The van der Waals surface area contributed by atoms with Crippen LogP contribution in [0.3, 0.4) is 0 Å². The Kier molecular flexibility index (Phi) is 8.52. The van der Waals surface area contributed by atoms with Crippen molar-refractivity contribution in [3.8, 4) is 11.1 Å². The summed E-state index contributed by atoms with van der Waals surface area (Å²) in [6, 6.07) is 21.7. The number of benzene rings is 3. The van der Waals surface area contributed by atoms with Crippen LogP contribution in [0.2, 0.25) is 0 Å². The van der Waals surface area contributed by atoms with Crippen LogP contribution in [-0.4, -0.2) is 77.5 Å². The lowest BCUT2D eigenvalue weighted by atomic mass is 9.94. The summed E-state index contributed by atoms with van der Waals surface area (Å²) >= 11 is 0. The Balaban J connectivity index is 1.28. The number of amides is 2. The summed E-state index contributed by atoms with van der Waals surface area (Å²) in [5.41, 5.74) is 3.81. The van der Waals surface area contributed by atoms with Gasteiger partial charge in [-0.05, 0) is 86.6 Å². The minimum atomic E-state index is -4.50. The van der Waals surface area contributed by atoms with Crippen LogP contribution in [0.4, 0.5) is 18.9 Å². The highest BCUT2D eigenvalue weighted by atomic mass is 19.4. The van der Waals surface area contributed by atoms with Crippen molar-refractivity contribution in [2.24, 2.45) is 0 Å². The molecule has 2 aliphatic heterocycles. The molecule has 0 saturated carbocycles. The average molecular weight is 630 g/mol. The van der Waals surface area contributed by atoms with Gasteiger partial charge in [0, 0.05) is 43.1 Å². The number of carbonyl (C=O) groups excluding carboxylic acids is 2. The molecule has 1 unspecified atom stereocenters. The van der Waals surface area contributed by atoms with Crippen molar-refractivity contribution in [2.45, 2.75) is 39.3 Å². The van der Waals surface area contributed by atoms with E-state index in [9.17, 15) is 22.8 Å². The molecular formula is C36H38F3N5O2. The van der Waals surface area contributed by atoms with E-state index in [-0.39, 0.29) is 30.1 Å². The molecule has 7 nitrogen and oxygen atoms in total. The first-order chi connectivity index (χ1) is 21.9. The molecule has 0 N–H and O–H groups in total. The van der Waals surface area contributed by atoms with Crippen molar-refractivity contribution in [1.29, 1.82) is 0 Å². The number of para-hydroxylation sites is 1. The molecule has 2 amide bonds. The highest BCUT2D eigenvalue weighted by Gasteiger charge is 2.34. The summed E-state index contributed by atoms with van der Waals surface area (Å²) in [4.78, 5) is 36.1. The minimum Gasteiger partial charge on any atom is -0.335 e. The van der Waals surface area contributed by atoms with Gasteiger partial charge in [-0.2, -0.15) is 13.2 Å². The van der Waals surface area contributed by atoms with E-state index in [4.69, 9.17) is 0 Å². The average Bonchev–Trinajstić information content (AvgIpc) is 3.36. The van der Waals surface area contributed by atoms with Crippen molar-refractivity contribution in [3.05, 3.63) is 113 Å². The summed E-state index contributed by atoms with van der Waals surface area (Å²) < 4.78 is 43.3. The Morgan fingerprint density at radius 1 is 0.804 bits per heavy atom. The van der Waals surface area contributed by atoms with Crippen LogP contribution in [0, 0.1) is 6.92 Å². The Bertz CT molecular complexity index is 1770. The van der Waals surface area contributed by atoms with Crippen LogP contribution in [0.1, 0.15) is 50.2 Å². The number of halogens is 3. The molecule has 1 fully saturated rings. The Labute approximate surface area is 267 Å². The zero-order valence-electron chi connectivity index (χ0n) is 26.5. The number of piperazine rings is 1. The summed E-state index contributed by atoms with van der Waals surface area (Å²) in [7, 11) is 4.11. The fraction of sp³-hybridized carbons (Fsp3) is 0.333. The van der Waals surface area contributed by atoms with E-state index in [2.05, 4.69) is 30.8 Å². The number of nitrogens with zero attached hydrogens (tertiary/aromatic N) is 5. The summed E-state index contributed by atoms with van der Waals surface area (Å²) in [6.07, 6.45) is -4.21. The Morgan fingerprint density at radius 3 is 2.20 bits per heavy atom. The number of aromatic nitrogens is 1. The van der Waals surface area contributed by atoms with E-state index < -0.39 is 11.7 Å². The number of rotatable bonds is 5. The van der Waals surface area contributed by atoms with Crippen molar-refractivity contribution >= 4 is 17.5 Å². The van der Waals surface area contributed by atoms with Crippen LogP contribution >= 0.6 is 0 Å². The standard InChI is InChI=1S/C36H38F3N5O2/c1-24-21-26(13-15-29(24)30-10-6-7-11-31(30)36(37,38)39)34(45)44-23-28-14-16-33(43(28)22-27-9-5-8-12-32(27)44)35(46)42-19-17-41(18-20-42)25(2)40(3)4/h5-16,21,25H,17-20,22-23H2,1-4H3. The van der Waals surface area contributed by atoms with Crippen LogP contribution in [0.5, 0.6) is 0 Å². The van der Waals surface area contributed by atoms with Gasteiger partial charge >= 0.3 is 6.18 Å². The number of alkyl halides is 3. The molecule has 0 aliphatic carbocycles. The summed E-state index contributed by atoms with van der Waals surface area (Å²) in [5.74, 6) is -0.286. The lowest BCUT2D eigenvalue weighted by molar-refractivity contribution is -0.137. The SMILES string of the molecule is Cc1cc(C(=O)N2Cc3ccc(C(=O)N4CCN(C(C)N(C)C)CC4)n3Cc3ccccc32)ccc1-c1ccccc1C(F)(F)F. The topological polar surface area (TPSA) is 52.0 Å². The van der Waals surface area contributed by atoms with E-state index in [1.54, 1.807) is 36.1 Å². The molecule has 3 heterocycles. The van der Waals surface area contributed by atoms with Crippen molar-refractivity contribution in [1.82, 2.24) is 19.3 Å². The molecule has 2 aliphatic rings. The molecule has 1 aromatic heterocycles. The van der Waals surface area contributed by atoms with Gasteiger partial charge in [-0.1, -0.05) is 42.5 Å². The third-order valence-corrected chi connectivity index (χ3v) is 9.34. The fourth-order valence-electron chi connectivity index (χ4n) is 6.54. The highest BCUT2D eigenvalue weighted by molar-refractivity contribution is 6.07. The van der Waals surface area contributed by atoms with Crippen LogP contribution in [0.15, 0.2) is 78.9 Å². The number of hydrogen-bond acceptors (Lipinski definition) is 4. The highest BCUT2D eigenvalue weighted by Crippen LogP contribution is 2.38. The maximum Gasteiger partial charge on any atom is 0.417 e. The second-order valence-electron chi connectivity index (χ2n) is 12.3. The molecule has 3 aromatic carbocycles. The monoisotopic (exact) mass is 629 g/mol. The van der Waals surface area contributed by atoms with Gasteiger partial charge < -0.3 is 14.4 Å². The van der Waals surface area contributed by atoms with E-state index in [1.165, 1.54) is 12.1 Å². The van der Waals surface area contributed by atoms with E-state index in [0.29, 0.717) is 42.0 Å². The van der Waals surface area contributed by atoms with Gasteiger partial charge in [-0.25, -0.2) is 0 Å². The van der Waals surface area contributed by atoms with Gasteiger partial charge in [0.15, 0.2) is 0 Å². The van der Waals surface area contributed by atoms with E-state index >= 15 is 0 Å². The van der Waals surface area contributed by atoms with Crippen molar-refractivity contribution in [2.75, 3.05) is 45.2 Å². The minimum absolute atomic E-state index is 0.0222. The third kappa shape index (κ3) is 5.94. The lowest BCUT2D eigenvalue weighted by Crippen LogP contribution is -2.54. The third-order valence-electron chi connectivity index (χ3n) is 9.34. The molecule has 1 atom stereocenters. The Hall–Kier alpha value is -4.41. The zero-order chi connectivity index (χ0) is 32.7. The number of anilines is 1. The first kappa shape index (κ1) is 31.6. The lowest BCUT2D eigenvalue weighted by Gasteiger charge is -2.40. The second kappa shape index (κ2) is 12.4. The van der Waals surface area contributed by atoms with Gasteiger partial charge in [0.2, 0.25) is 0 Å². The molecule has 10 heteroatoms. The molecule has 6 rings (SSSR count). The van der Waals surface area contributed by atoms with Gasteiger partial charge in [0.25, 0.3) is 11.8 Å². The maximum atomic E-state index is 14.1. The van der Waals surface area contributed by atoms with Crippen LogP contribution < -0.4 is 4.90 Å². The van der Waals surface area contributed by atoms with Crippen LogP contribution in [0.25, 0.3) is 11.1 Å². The fourth-order valence-corrected chi connectivity index (χ4v) is 6.54. The van der Waals surface area contributed by atoms with Crippen LogP contribution in [-0.2, 0) is 19.3 Å². The second-order valence-corrected chi connectivity index (χ2v) is 12.3. The van der Waals surface area contributed by atoms with Crippen molar-refractivity contribution in [3.63, 3.8) is 0 Å². The smallest absolute Gasteiger partial charge is 0.335 e. The molecule has 1 saturated heterocycles. The van der Waals surface area contributed by atoms with Gasteiger partial charge in [0.1, 0.15) is 5.69 Å². The van der Waals surface area contributed by atoms with Crippen molar-refractivity contribution < 1.29 is 22.8 Å².